The summed E-state index contributed by atoms with van der Waals surface area (Å²) in [6.07, 6.45) is 20.8. The molecule has 0 spiro atoms. The molecule has 0 radical (unpaired) electrons. The molecule has 0 heteroatoms. The summed E-state index contributed by atoms with van der Waals surface area (Å²) in [5, 5.41) is 0. The molecular weight excluding hydrogens is 300 g/mol. The molecule has 1 aromatic carbocycles. The minimum absolute atomic E-state index is 0.844. The lowest BCUT2D eigenvalue weighted by molar-refractivity contribution is 0.155. The molecule has 2 saturated carbocycles. The molecule has 25 heavy (non-hydrogen) atoms. The third-order valence-corrected chi connectivity index (χ3v) is 7.32. The van der Waals surface area contributed by atoms with Gasteiger partial charge in [-0.2, -0.15) is 0 Å². The van der Waals surface area contributed by atoms with Gasteiger partial charge < -0.3 is 0 Å². The van der Waals surface area contributed by atoms with Crippen molar-refractivity contribution in [3.05, 3.63) is 35.9 Å². The highest BCUT2D eigenvalue weighted by molar-refractivity contribution is 5.19. The molecular formula is C25H40. The Morgan fingerprint density at radius 3 is 1.92 bits per heavy atom. The molecule has 0 saturated heterocycles. The highest BCUT2D eigenvalue weighted by atomic mass is 14.4. The van der Waals surface area contributed by atoms with Gasteiger partial charge in [0.05, 0.1) is 0 Å². The van der Waals surface area contributed by atoms with E-state index in [9.17, 15) is 0 Å². The van der Waals surface area contributed by atoms with E-state index < -0.39 is 0 Å². The summed E-state index contributed by atoms with van der Waals surface area (Å²) in [5.41, 5.74) is 1.59. The Hall–Kier alpha value is -0.780. The molecule has 0 unspecified atom stereocenters. The number of rotatable bonds is 8. The Morgan fingerprint density at radius 2 is 1.28 bits per heavy atom. The van der Waals surface area contributed by atoms with Crippen molar-refractivity contribution in [1.29, 1.82) is 0 Å². The molecule has 0 bridgehead atoms. The molecule has 1 aromatic rings. The zero-order chi connectivity index (χ0) is 17.3. The van der Waals surface area contributed by atoms with E-state index >= 15 is 0 Å². The molecule has 0 atom stereocenters. The third-order valence-electron chi connectivity index (χ3n) is 7.32. The van der Waals surface area contributed by atoms with Gasteiger partial charge in [0, 0.05) is 0 Å². The van der Waals surface area contributed by atoms with E-state index in [-0.39, 0.29) is 0 Å². The van der Waals surface area contributed by atoms with Gasteiger partial charge >= 0.3 is 0 Å². The maximum atomic E-state index is 2.34. The van der Waals surface area contributed by atoms with E-state index in [1.165, 1.54) is 77.0 Å². The molecule has 2 fully saturated rings. The van der Waals surface area contributed by atoms with Crippen LogP contribution in [0.4, 0.5) is 0 Å². The quantitative estimate of drug-likeness (QED) is 0.419. The predicted molar refractivity (Wildman–Crippen MR) is 110 cm³/mol. The number of benzene rings is 1. The summed E-state index contributed by atoms with van der Waals surface area (Å²) in [6.45, 7) is 2.31. The zero-order valence-electron chi connectivity index (χ0n) is 16.6. The molecule has 0 amide bonds. The maximum absolute atomic E-state index is 2.34. The van der Waals surface area contributed by atoms with Gasteiger partial charge in [0.15, 0.2) is 0 Å². The smallest absolute Gasteiger partial charge is 0.0162 e. The molecule has 140 valence electrons. The average Bonchev–Trinajstić information content (AvgIpc) is 2.69. The van der Waals surface area contributed by atoms with Gasteiger partial charge in [0.1, 0.15) is 0 Å². The van der Waals surface area contributed by atoms with Crippen molar-refractivity contribution < 1.29 is 0 Å². The summed E-state index contributed by atoms with van der Waals surface area (Å²) in [7, 11) is 0. The number of hydrogen-bond donors (Lipinski definition) is 0. The molecule has 0 aliphatic heterocycles. The normalized spacial score (nSPS) is 30.3. The molecule has 3 rings (SSSR count). The highest BCUT2D eigenvalue weighted by Crippen LogP contribution is 2.44. The van der Waals surface area contributed by atoms with Crippen LogP contribution in [0.2, 0.25) is 0 Å². The first-order valence-corrected chi connectivity index (χ1v) is 11.4. The average molecular weight is 341 g/mol. The molecule has 0 N–H and O–H groups in total. The van der Waals surface area contributed by atoms with Gasteiger partial charge in [-0.1, -0.05) is 88.6 Å². The fourth-order valence-corrected chi connectivity index (χ4v) is 5.63. The lowest BCUT2D eigenvalue weighted by Gasteiger charge is -2.38. The Morgan fingerprint density at radius 1 is 0.680 bits per heavy atom. The van der Waals surface area contributed by atoms with Gasteiger partial charge in [0.2, 0.25) is 0 Å². The first-order chi connectivity index (χ1) is 12.4. The monoisotopic (exact) mass is 340 g/mol. The van der Waals surface area contributed by atoms with Crippen molar-refractivity contribution in [2.45, 2.75) is 103 Å². The number of hydrogen-bond acceptors (Lipinski definition) is 0. The van der Waals surface area contributed by atoms with Crippen molar-refractivity contribution in [3.63, 3.8) is 0 Å². The fraction of sp³-hybridized carbons (Fsp3) is 0.760. The summed E-state index contributed by atoms with van der Waals surface area (Å²) in [6, 6.07) is 11.3. The van der Waals surface area contributed by atoms with Crippen molar-refractivity contribution in [2.75, 3.05) is 0 Å². The second-order valence-electron chi connectivity index (χ2n) is 9.01. The fourth-order valence-electron chi connectivity index (χ4n) is 5.63. The van der Waals surface area contributed by atoms with E-state index in [0.717, 1.165) is 23.7 Å². The zero-order valence-corrected chi connectivity index (χ0v) is 16.6. The lowest BCUT2D eigenvalue weighted by atomic mass is 9.68. The van der Waals surface area contributed by atoms with E-state index in [1.807, 2.05) is 0 Å². The molecule has 2 aliphatic carbocycles. The van der Waals surface area contributed by atoms with E-state index in [1.54, 1.807) is 18.4 Å². The summed E-state index contributed by atoms with van der Waals surface area (Å²) < 4.78 is 0. The molecule has 0 nitrogen and oxygen atoms in total. The van der Waals surface area contributed by atoms with Crippen LogP contribution in [0, 0.1) is 17.8 Å². The Bertz CT molecular complexity index is 446. The first-order valence-electron chi connectivity index (χ1n) is 11.4. The van der Waals surface area contributed by atoms with Crippen molar-refractivity contribution in [3.8, 4) is 0 Å². The van der Waals surface area contributed by atoms with Crippen LogP contribution in [0.3, 0.4) is 0 Å². The second kappa shape index (κ2) is 10.4. The lowest BCUT2D eigenvalue weighted by Crippen LogP contribution is -2.25. The topological polar surface area (TPSA) is 0 Å². The first kappa shape index (κ1) is 19.0. The molecule has 2 aliphatic rings. The summed E-state index contributed by atoms with van der Waals surface area (Å²) in [5.74, 6) is 4.02. The van der Waals surface area contributed by atoms with Crippen LogP contribution in [0.25, 0.3) is 0 Å². The van der Waals surface area contributed by atoms with Crippen LogP contribution in [0.5, 0.6) is 0 Å². The van der Waals surface area contributed by atoms with Crippen molar-refractivity contribution in [1.82, 2.24) is 0 Å². The van der Waals surface area contributed by atoms with E-state index in [0.29, 0.717) is 0 Å². The van der Waals surface area contributed by atoms with Gasteiger partial charge in [-0.05, 0) is 67.8 Å². The summed E-state index contributed by atoms with van der Waals surface area (Å²) >= 11 is 0. The minimum Gasteiger partial charge on any atom is -0.0654 e. The van der Waals surface area contributed by atoms with Gasteiger partial charge in [0.25, 0.3) is 0 Å². The van der Waals surface area contributed by atoms with Crippen LogP contribution < -0.4 is 0 Å². The highest BCUT2D eigenvalue weighted by Gasteiger charge is 2.31. The van der Waals surface area contributed by atoms with Crippen molar-refractivity contribution in [2.24, 2.45) is 17.8 Å². The Labute approximate surface area is 156 Å². The van der Waals surface area contributed by atoms with Crippen LogP contribution in [0.1, 0.15) is 108 Å². The van der Waals surface area contributed by atoms with Crippen molar-refractivity contribution >= 4 is 0 Å². The summed E-state index contributed by atoms with van der Waals surface area (Å²) in [4.78, 5) is 0. The molecule has 0 aromatic heterocycles. The van der Waals surface area contributed by atoms with Crippen LogP contribution >= 0.6 is 0 Å². The Balaban J connectivity index is 1.33. The Kier molecular flexibility index (Phi) is 7.89. The second-order valence-corrected chi connectivity index (χ2v) is 9.01. The largest absolute Gasteiger partial charge is 0.0654 e. The van der Waals surface area contributed by atoms with Crippen LogP contribution in [-0.4, -0.2) is 0 Å². The van der Waals surface area contributed by atoms with E-state index in [4.69, 9.17) is 0 Å². The van der Waals surface area contributed by atoms with Crippen LogP contribution in [-0.2, 0) is 0 Å². The minimum atomic E-state index is 0.844. The van der Waals surface area contributed by atoms with Crippen LogP contribution in [0.15, 0.2) is 30.3 Å². The van der Waals surface area contributed by atoms with Gasteiger partial charge in [-0.25, -0.2) is 0 Å². The van der Waals surface area contributed by atoms with Gasteiger partial charge in [-0.15, -0.1) is 0 Å². The standard InChI is InChI=1S/C25H40/c1-2-3-4-5-7-10-21-13-15-23(16-14-21)25-19-17-24(18-20-25)22-11-8-6-9-12-22/h6,8-9,11-12,21,23-25H,2-5,7,10,13-20H2,1H3. The molecule has 0 heterocycles. The van der Waals surface area contributed by atoms with E-state index in [2.05, 4.69) is 37.3 Å². The van der Waals surface area contributed by atoms with Gasteiger partial charge in [-0.3, -0.25) is 0 Å². The predicted octanol–water partition coefficient (Wildman–Crippen LogP) is 8.13. The maximum Gasteiger partial charge on any atom is -0.0162 e. The third kappa shape index (κ3) is 5.87. The SMILES string of the molecule is CCCCCCCC1CCC(C2CCC(c3ccccc3)CC2)CC1. The number of unbranched alkanes of at least 4 members (excludes halogenated alkanes) is 4.